The van der Waals surface area contributed by atoms with Crippen molar-refractivity contribution >= 4 is 10.8 Å². The minimum absolute atomic E-state index is 1.12. The molecule has 0 N–H and O–H groups in total. The molecule has 0 radical (unpaired) electrons. The van der Waals surface area contributed by atoms with Crippen LogP contribution < -0.4 is 0 Å². The SMILES string of the molecule is CC.CCc1ccc2ccccc2c1C. The maximum Gasteiger partial charge on any atom is -0.0152 e. The molecule has 0 aliphatic rings. The molecule has 0 aromatic heterocycles. The lowest BCUT2D eigenvalue weighted by Gasteiger charge is -2.06. The second-order valence-electron chi connectivity index (χ2n) is 3.42. The summed E-state index contributed by atoms with van der Waals surface area (Å²) in [4.78, 5) is 0. The zero-order valence-corrected chi connectivity index (χ0v) is 10.2. The Hall–Kier alpha value is -1.30. The molecule has 80 valence electrons. The first-order valence-electron chi connectivity index (χ1n) is 5.80. The van der Waals surface area contributed by atoms with Gasteiger partial charge in [-0.05, 0) is 35.2 Å². The fraction of sp³-hybridized carbons (Fsp3) is 0.333. The third-order valence-corrected chi connectivity index (χ3v) is 2.69. The van der Waals surface area contributed by atoms with Crippen LogP contribution in [0.15, 0.2) is 36.4 Å². The monoisotopic (exact) mass is 200 g/mol. The number of fused-ring (bicyclic) bond motifs is 1. The van der Waals surface area contributed by atoms with Crippen LogP contribution in [-0.4, -0.2) is 0 Å². The lowest BCUT2D eigenvalue weighted by molar-refractivity contribution is 1.12. The molecule has 0 heteroatoms. The maximum atomic E-state index is 2.23. The third-order valence-electron chi connectivity index (χ3n) is 2.69. The summed E-state index contributed by atoms with van der Waals surface area (Å²) < 4.78 is 0. The van der Waals surface area contributed by atoms with Gasteiger partial charge >= 0.3 is 0 Å². The van der Waals surface area contributed by atoms with E-state index in [1.807, 2.05) is 13.8 Å². The smallest absolute Gasteiger partial charge is 0.0152 e. The lowest BCUT2D eigenvalue weighted by atomic mass is 9.99. The molecule has 2 aromatic rings. The summed E-state index contributed by atoms with van der Waals surface area (Å²) in [5.74, 6) is 0. The molecular weight excluding hydrogens is 180 g/mol. The van der Waals surface area contributed by atoms with Crippen LogP contribution in [0.1, 0.15) is 31.9 Å². The largest absolute Gasteiger partial charge is 0.0683 e. The van der Waals surface area contributed by atoms with Crippen LogP contribution in [0, 0.1) is 6.92 Å². The molecule has 0 saturated carbocycles. The van der Waals surface area contributed by atoms with Crippen molar-refractivity contribution in [3.8, 4) is 0 Å². The topological polar surface area (TPSA) is 0 Å². The van der Waals surface area contributed by atoms with Crippen LogP contribution in [0.4, 0.5) is 0 Å². The Morgan fingerprint density at radius 2 is 1.60 bits per heavy atom. The van der Waals surface area contributed by atoms with E-state index in [9.17, 15) is 0 Å². The normalized spacial score (nSPS) is 9.60. The second-order valence-corrected chi connectivity index (χ2v) is 3.42. The predicted molar refractivity (Wildman–Crippen MR) is 69.4 cm³/mol. The molecule has 0 unspecified atom stereocenters. The van der Waals surface area contributed by atoms with Gasteiger partial charge in [0.2, 0.25) is 0 Å². The summed E-state index contributed by atoms with van der Waals surface area (Å²) in [6, 6.07) is 13.0. The second kappa shape index (κ2) is 5.55. The van der Waals surface area contributed by atoms with Gasteiger partial charge in [0.15, 0.2) is 0 Å². The molecular formula is C15H20. The highest BCUT2D eigenvalue weighted by Crippen LogP contribution is 2.21. The van der Waals surface area contributed by atoms with Crippen LogP contribution in [0.25, 0.3) is 10.8 Å². The van der Waals surface area contributed by atoms with E-state index in [1.165, 1.54) is 21.9 Å². The standard InChI is InChI=1S/C13H14.C2H6/c1-3-11-8-9-12-6-4-5-7-13(12)10(11)2;1-2/h4-9H,3H2,1-2H3;1-2H3. The van der Waals surface area contributed by atoms with E-state index >= 15 is 0 Å². The number of hydrogen-bond acceptors (Lipinski definition) is 0. The average Bonchev–Trinajstić information content (AvgIpc) is 2.33. The number of benzene rings is 2. The van der Waals surface area contributed by atoms with Crippen LogP contribution in [0.2, 0.25) is 0 Å². The minimum Gasteiger partial charge on any atom is -0.0683 e. The fourth-order valence-corrected chi connectivity index (χ4v) is 1.86. The highest BCUT2D eigenvalue weighted by molar-refractivity contribution is 5.86. The molecule has 0 atom stereocenters. The van der Waals surface area contributed by atoms with Crippen molar-refractivity contribution in [3.05, 3.63) is 47.5 Å². The highest BCUT2D eigenvalue weighted by Gasteiger charge is 1.99. The molecule has 2 rings (SSSR count). The summed E-state index contributed by atoms with van der Waals surface area (Å²) in [5.41, 5.74) is 2.89. The highest BCUT2D eigenvalue weighted by atomic mass is 14.0. The Kier molecular flexibility index (Phi) is 4.36. The lowest BCUT2D eigenvalue weighted by Crippen LogP contribution is -1.87. The van der Waals surface area contributed by atoms with Crippen molar-refractivity contribution in [3.63, 3.8) is 0 Å². The van der Waals surface area contributed by atoms with Gasteiger partial charge in [0, 0.05) is 0 Å². The molecule has 0 aliphatic heterocycles. The molecule has 0 saturated heterocycles. The van der Waals surface area contributed by atoms with Gasteiger partial charge in [-0.3, -0.25) is 0 Å². The molecule has 0 amide bonds. The van der Waals surface area contributed by atoms with Gasteiger partial charge in [0.25, 0.3) is 0 Å². The number of hydrogen-bond donors (Lipinski definition) is 0. The van der Waals surface area contributed by atoms with Crippen molar-refractivity contribution in [2.45, 2.75) is 34.1 Å². The Bertz CT molecular complexity index is 427. The van der Waals surface area contributed by atoms with Gasteiger partial charge in [-0.1, -0.05) is 57.2 Å². The summed E-state index contributed by atoms with van der Waals surface area (Å²) in [7, 11) is 0. The van der Waals surface area contributed by atoms with Crippen molar-refractivity contribution in [2.75, 3.05) is 0 Å². The predicted octanol–water partition coefficient (Wildman–Crippen LogP) is 4.74. The van der Waals surface area contributed by atoms with E-state index in [1.54, 1.807) is 0 Å². The van der Waals surface area contributed by atoms with E-state index < -0.39 is 0 Å². The molecule has 2 aromatic carbocycles. The van der Waals surface area contributed by atoms with Crippen molar-refractivity contribution in [2.24, 2.45) is 0 Å². The third kappa shape index (κ3) is 2.38. The van der Waals surface area contributed by atoms with E-state index in [4.69, 9.17) is 0 Å². The van der Waals surface area contributed by atoms with Gasteiger partial charge < -0.3 is 0 Å². The summed E-state index contributed by atoms with van der Waals surface area (Å²) >= 11 is 0. The van der Waals surface area contributed by atoms with E-state index in [0.29, 0.717) is 0 Å². The minimum atomic E-state index is 1.12. The van der Waals surface area contributed by atoms with E-state index in [-0.39, 0.29) is 0 Å². The quantitative estimate of drug-likeness (QED) is 0.624. The van der Waals surface area contributed by atoms with Gasteiger partial charge in [-0.25, -0.2) is 0 Å². The average molecular weight is 200 g/mol. The van der Waals surface area contributed by atoms with Crippen LogP contribution in [-0.2, 0) is 6.42 Å². The fourth-order valence-electron chi connectivity index (χ4n) is 1.86. The maximum absolute atomic E-state index is 2.23. The van der Waals surface area contributed by atoms with Gasteiger partial charge in [-0.15, -0.1) is 0 Å². The molecule has 0 nitrogen and oxygen atoms in total. The molecule has 0 aliphatic carbocycles. The van der Waals surface area contributed by atoms with Crippen molar-refractivity contribution in [1.82, 2.24) is 0 Å². The summed E-state index contributed by atoms with van der Waals surface area (Å²) in [6.45, 7) is 8.41. The summed E-state index contributed by atoms with van der Waals surface area (Å²) in [6.07, 6.45) is 1.12. The van der Waals surface area contributed by atoms with Crippen molar-refractivity contribution in [1.29, 1.82) is 0 Å². The Morgan fingerprint density at radius 1 is 0.933 bits per heavy atom. The van der Waals surface area contributed by atoms with Crippen molar-refractivity contribution < 1.29 is 0 Å². The zero-order valence-electron chi connectivity index (χ0n) is 10.2. The van der Waals surface area contributed by atoms with E-state index in [2.05, 4.69) is 50.2 Å². The van der Waals surface area contributed by atoms with Gasteiger partial charge in [-0.2, -0.15) is 0 Å². The Labute approximate surface area is 92.9 Å². The molecule has 0 heterocycles. The van der Waals surface area contributed by atoms with E-state index in [0.717, 1.165) is 6.42 Å². The Balaban J connectivity index is 0.000000531. The van der Waals surface area contributed by atoms with Crippen LogP contribution in [0.3, 0.4) is 0 Å². The molecule has 15 heavy (non-hydrogen) atoms. The number of aryl methyl sites for hydroxylation is 2. The molecule has 0 bridgehead atoms. The first-order valence-corrected chi connectivity index (χ1v) is 5.80. The zero-order chi connectivity index (χ0) is 11.3. The first-order chi connectivity index (χ1) is 7.33. The number of rotatable bonds is 1. The van der Waals surface area contributed by atoms with Gasteiger partial charge in [0.05, 0.1) is 0 Å². The Morgan fingerprint density at radius 3 is 2.27 bits per heavy atom. The van der Waals surface area contributed by atoms with Crippen LogP contribution >= 0.6 is 0 Å². The summed E-state index contributed by atoms with van der Waals surface area (Å²) in [5, 5.41) is 2.74. The first kappa shape index (κ1) is 11.8. The van der Waals surface area contributed by atoms with Crippen LogP contribution in [0.5, 0.6) is 0 Å². The molecule has 0 fully saturated rings. The molecule has 0 spiro atoms. The van der Waals surface area contributed by atoms with Gasteiger partial charge in [0.1, 0.15) is 0 Å².